The zero-order valence-corrected chi connectivity index (χ0v) is 7.12. The lowest BCUT2D eigenvalue weighted by atomic mass is 10.1. The Labute approximate surface area is 78.5 Å². The molecular formula is C9H6FNO3. The molecule has 1 aliphatic rings. The number of nitro groups is 1. The summed E-state index contributed by atoms with van der Waals surface area (Å²) >= 11 is 0. The third kappa shape index (κ3) is 1.26. The number of carbonyl (C=O) groups excluding carboxylic acids is 1. The van der Waals surface area contributed by atoms with Crippen LogP contribution < -0.4 is 0 Å². The summed E-state index contributed by atoms with van der Waals surface area (Å²) < 4.78 is 12.9. The molecule has 0 saturated carbocycles. The molecule has 0 aliphatic heterocycles. The van der Waals surface area contributed by atoms with Gasteiger partial charge in [0, 0.05) is 18.4 Å². The highest BCUT2D eigenvalue weighted by Gasteiger charge is 2.27. The van der Waals surface area contributed by atoms with Gasteiger partial charge in [-0.25, -0.2) is 4.39 Å². The maximum atomic E-state index is 12.9. The molecule has 1 aromatic rings. The quantitative estimate of drug-likeness (QED) is 0.502. The molecule has 14 heavy (non-hydrogen) atoms. The standard InChI is InChI=1S/C9H6FNO3/c10-6-1-5-2-7(12)4-8(5)9(3-6)11(13)14/h1,3H,2,4H2. The molecule has 0 radical (unpaired) electrons. The van der Waals surface area contributed by atoms with Crippen molar-refractivity contribution in [2.75, 3.05) is 0 Å². The Bertz CT molecular complexity index is 442. The van der Waals surface area contributed by atoms with Crippen LogP contribution in [0.3, 0.4) is 0 Å². The van der Waals surface area contributed by atoms with Gasteiger partial charge in [0.15, 0.2) is 0 Å². The SMILES string of the molecule is O=C1Cc2cc(F)cc([N+](=O)[O-])c2C1. The third-order valence-corrected chi connectivity index (χ3v) is 2.24. The third-order valence-electron chi connectivity index (χ3n) is 2.24. The molecular weight excluding hydrogens is 189 g/mol. The van der Waals surface area contributed by atoms with Gasteiger partial charge < -0.3 is 0 Å². The Kier molecular flexibility index (Phi) is 1.80. The Morgan fingerprint density at radius 1 is 1.36 bits per heavy atom. The number of nitro benzene ring substituents is 1. The van der Waals surface area contributed by atoms with Crippen LogP contribution in [-0.4, -0.2) is 10.7 Å². The molecule has 2 rings (SSSR count). The molecule has 0 unspecified atom stereocenters. The molecule has 0 amide bonds. The maximum absolute atomic E-state index is 12.9. The van der Waals surface area contributed by atoms with Crippen molar-refractivity contribution >= 4 is 11.5 Å². The average Bonchev–Trinajstić information content (AvgIpc) is 2.42. The predicted molar refractivity (Wildman–Crippen MR) is 45.5 cm³/mol. The topological polar surface area (TPSA) is 60.2 Å². The van der Waals surface area contributed by atoms with Crippen molar-refractivity contribution < 1.29 is 14.1 Å². The van der Waals surface area contributed by atoms with Crippen LogP contribution in [0, 0.1) is 15.9 Å². The van der Waals surface area contributed by atoms with Crippen molar-refractivity contribution in [3.05, 3.63) is 39.2 Å². The molecule has 0 N–H and O–H groups in total. The smallest absolute Gasteiger partial charge is 0.276 e. The van der Waals surface area contributed by atoms with Crippen LogP contribution in [0.4, 0.5) is 10.1 Å². The van der Waals surface area contributed by atoms with Gasteiger partial charge in [0.2, 0.25) is 0 Å². The molecule has 0 aromatic heterocycles. The lowest BCUT2D eigenvalue weighted by molar-refractivity contribution is -0.385. The van der Waals surface area contributed by atoms with Crippen molar-refractivity contribution in [2.45, 2.75) is 12.8 Å². The van der Waals surface area contributed by atoms with Gasteiger partial charge in [-0.1, -0.05) is 0 Å². The maximum Gasteiger partial charge on any atom is 0.276 e. The van der Waals surface area contributed by atoms with Gasteiger partial charge in [0.05, 0.1) is 11.0 Å². The van der Waals surface area contributed by atoms with Crippen LogP contribution in [0.1, 0.15) is 11.1 Å². The van der Waals surface area contributed by atoms with Gasteiger partial charge in [-0.2, -0.15) is 0 Å². The van der Waals surface area contributed by atoms with E-state index in [9.17, 15) is 19.3 Å². The van der Waals surface area contributed by atoms with E-state index in [2.05, 4.69) is 0 Å². The van der Waals surface area contributed by atoms with E-state index in [-0.39, 0.29) is 24.3 Å². The number of rotatable bonds is 1. The Morgan fingerprint density at radius 3 is 2.71 bits per heavy atom. The number of hydrogen-bond donors (Lipinski definition) is 0. The molecule has 0 atom stereocenters. The predicted octanol–water partition coefficient (Wildman–Crippen LogP) is 1.40. The first kappa shape index (κ1) is 8.80. The van der Waals surface area contributed by atoms with Crippen molar-refractivity contribution in [3.8, 4) is 0 Å². The summed E-state index contributed by atoms with van der Waals surface area (Å²) in [6.45, 7) is 0. The molecule has 1 aliphatic carbocycles. The minimum Gasteiger partial charge on any atom is -0.299 e. The minimum absolute atomic E-state index is 0.0475. The van der Waals surface area contributed by atoms with Crippen molar-refractivity contribution in [3.63, 3.8) is 0 Å². The molecule has 1 aromatic carbocycles. The Hall–Kier alpha value is -1.78. The highest BCUT2D eigenvalue weighted by molar-refractivity contribution is 5.89. The fraction of sp³-hybridized carbons (Fsp3) is 0.222. The number of ketones is 1. The van der Waals surface area contributed by atoms with Crippen LogP contribution in [0.15, 0.2) is 12.1 Å². The van der Waals surface area contributed by atoms with Crippen LogP contribution in [0.25, 0.3) is 0 Å². The van der Waals surface area contributed by atoms with Crippen LogP contribution in [0.5, 0.6) is 0 Å². The summed E-state index contributed by atoms with van der Waals surface area (Å²) in [5, 5.41) is 10.5. The molecule has 0 spiro atoms. The molecule has 5 heteroatoms. The van der Waals surface area contributed by atoms with Gasteiger partial charge in [-0.3, -0.25) is 14.9 Å². The summed E-state index contributed by atoms with van der Waals surface area (Å²) in [7, 11) is 0. The first-order chi connectivity index (χ1) is 6.58. The minimum atomic E-state index is -0.662. The highest BCUT2D eigenvalue weighted by Crippen LogP contribution is 2.29. The first-order valence-electron chi connectivity index (χ1n) is 4.05. The number of nitrogens with zero attached hydrogens (tertiary/aromatic N) is 1. The number of benzene rings is 1. The Morgan fingerprint density at radius 2 is 2.07 bits per heavy atom. The van der Waals surface area contributed by atoms with Crippen LogP contribution in [-0.2, 0) is 17.6 Å². The number of carbonyl (C=O) groups is 1. The molecule has 0 saturated heterocycles. The van der Waals surface area contributed by atoms with E-state index in [1.165, 1.54) is 6.07 Å². The summed E-state index contributed by atoms with van der Waals surface area (Å²) in [5.41, 5.74) is 0.522. The summed E-state index contributed by atoms with van der Waals surface area (Å²) in [5.74, 6) is -0.765. The fourth-order valence-corrected chi connectivity index (χ4v) is 1.67. The summed E-state index contributed by atoms with van der Waals surface area (Å²) in [4.78, 5) is 20.9. The normalized spacial score (nSPS) is 14.2. The van der Waals surface area contributed by atoms with Crippen LogP contribution in [0.2, 0.25) is 0 Å². The number of halogens is 1. The van der Waals surface area contributed by atoms with Gasteiger partial charge in [-0.15, -0.1) is 0 Å². The highest BCUT2D eigenvalue weighted by atomic mass is 19.1. The average molecular weight is 195 g/mol. The second kappa shape index (κ2) is 2.87. The van der Waals surface area contributed by atoms with Crippen molar-refractivity contribution in [1.29, 1.82) is 0 Å². The van der Waals surface area contributed by atoms with Gasteiger partial charge in [0.25, 0.3) is 5.69 Å². The van der Waals surface area contributed by atoms with Crippen LogP contribution >= 0.6 is 0 Å². The van der Waals surface area contributed by atoms with Gasteiger partial charge >= 0.3 is 0 Å². The van der Waals surface area contributed by atoms with E-state index < -0.39 is 10.7 Å². The zero-order valence-electron chi connectivity index (χ0n) is 7.12. The monoisotopic (exact) mass is 195 g/mol. The van der Waals surface area contributed by atoms with E-state index in [0.29, 0.717) is 11.1 Å². The Balaban J connectivity index is 2.63. The second-order valence-electron chi connectivity index (χ2n) is 3.21. The lowest BCUT2D eigenvalue weighted by Gasteiger charge is -1.99. The van der Waals surface area contributed by atoms with Crippen molar-refractivity contribution in [1.82, 2.24) is 0 Å². The molecule has 4 nitrogen and oxygen atoms in total. The van der Waals surface area contributed by atoms with E-state index in [1.54, 1.807) is 0 Å². The van der Waals surface area contributed by atoms with E-state index in [0.717, 1.165) is 6.07 Å². The zero-order chi connectivity index (χ0) is 10.3. The largest absolute Gasteiger partial charge is 0.299 e. The first-order valence-corrected chi connectivity index (χ1v) is 4.05. The number of hydrogen-bond acceptors (Lipinski definition) is 3. The van der Waals surface area contributed by atoms with Gasteiger partial charge in [0.1, 0.15) is 11.6 Å². The fourth-order valence-electron chi connectivity index (χ4n) is 1.67. The number of fused-ring (bicyclic) bond motifs is 1. The lowest BCUT2D eigenvalue weighted by Crippen LogP contribution is -1.97. The second-order valence-corrected chi connectivity index (χ2v) is 3.21. The molecule has 0 heterocycles. The van der Waals surface area contributed by atoms with Crippen molar-refractivity contribution in [2.24, 2.45) is 0 Å². The summed E-state index contributed by atoms with van der Waals surface area (Å²) in [6, 6.07) is 2.05. The van der Waals surface area contributed by atoms with E-state index in [1.807, 2.05) is 0 Å². The molecule has 0 fully saturated rings. The number of Topliss-reactive ketones (excluding diaryl/α,β-unsaturated/α-hetero) is 1. The van der Waals surface area contributed by atoms with E-state index in [4.69, 9.17) is 0 Å². The van der Waals surface area contributed by atoms with E-state index >= 15 is 0 Å². The van der Waals surface area contributed by atoms with Gasteiger partial charge in [-0.05, 0) is 11.6 Å². The molecule has 72 valence electrons. The summed E-state index contributed by atoms with van der Waals surface area (Å²) in [6.07, 6.45) is 0.153. The molecule has 0 bridgehead atoms.